The lowest BCUT2D eigenvalue weighted by Crippen LogP contribution is -2.36. The molecule has 2 aromatic heterocycles. The SMILES string of the molecule is CC(C)c1c(-c2cccc(N3CCOCC3)c2)nc2c(C#N)c[nH]n2c1=O. The molecule has 0 saturated carbocycles. The van der Waals surface area contributed by atoms with Gasteiger partial charge in [0, 0.05) is 36.1 Å². The molecule has 1 saturated heterocycles. The van der Waals surface area contributed by atoms with Gasteiger partial charge in [-0.25, -0.2) is 9.50 Å². The number of H-pyrrole nitrogens is 1. The zero-order valence-corrected chi connectivity index (χ0v) is 15.4. The quantitative estimate of drug-likeness (QED) is 0.773. The standard InChI is InChI=1S/C20H21N5O2/c1-13(2)17-18(23-19-15(11-21)12-22-25(19)20(17)26)14-4-3-5-16(10-14)24-6-8-27-9-7-24/h3-5,10,12-13,22H,6-9H2,1-2H3. The number of benzene rings is 1. The Bertz CT molecular complexity index is 1080. The molecule has 4 rings (SSSR count). The molecule has 0 radical (unpaired) electrons. The molecule has 0 amide bonds. The van der Waals surface area contributed by atoms with Crippen LogP contribution in [0.2, 0.25) is 0 Å². The number of nitriles is 1. The van der Waals surface area contributed by atoms with E-state index < -0.39 is 0 Å². The first-order valence-corrected chi connectivity index (χ1v) is 9.07. The lowest BCUT2D eigenvalue weighted by atomic mass is 9.97. The number of hydrogen-bond acceptors (Lipinski definition) is 5. The van der Waals surface area contributed by atoms with Gasteiger partial charge < -0.3 is 9.64 Å². The molecule has 138 valence electrons. The number of hydrogen-bond donors (Lipinski definition) is 1. The topological polar surface area (TPSA) is 86.4 Å². The Hall–Kier alpha value is -3.11. The molecular weight excluding hydrogens is 342 g/mol. The molecular formula is C20H21N5O2. The second-order valence-corrected chi connectivity index (χ2v) is 6.94. The molecule has 3 heterocycles. The zero-order chi connectivity index (χ0) is 19.0. The number of aromatic amines is 1. The van der Waals surface area contributed by atoms with Crippen molar-refractivity contribution >= 4 is 11.3 Å². The summed E-state index contributed by atoms with van der Waals surface area (Å²) in [6.07, 6.45) is 1.52. The third-order valence-corrected chi connectivity index (χ3v) is 4.89. The molecule has 7 heteroatoms. The van der Waals surface area contributed by atoms with Crippen molar-refractivity contribution in [2.75, 3.05) is 31.2 Å². The summed E-state index contributed by atoms with van der Waals surface area (Å²) in [7, 11) is 0. The number of ether oxygens (including phenoxy) is 1. The summed E-state index contributed by atoms with van der Waals surface area (Å²) in [5.41, 5.74) is 3.79. The van der Waals surface area contributed by atoms with Crippen LogP contribution in [0.15, 0.2) is 35.3 Å². The lowest BCUT2D eigenvalue weighted by Gasteiger charge is -2.29. The van der Waals surface area contributed by atoms with Crippen LogP contribution in [0.3, 0.4) is 0 Å². The van der Waals surface area contributed by atoms with E-state index in [9.17, 15) is 10.1 Å². The fraction of sp³-hybridized carbons (Fsp3) is 0.350. The minimum Gasteiger partial charge on any atom is -0.378 e. The minimum atomic E-state index is -0.164. The third kappa shape index (κ3) is 2.98. The first kappa shape index (κ1) is 17.3. The number of nitrogens with zero attached hydrogens (tertiary/aromatic N) is 4. The van der Waals surface area contributed by atoms with Gasteiger partial charge in [0.25, 0.3) is 5.56 Å². The Labute approximate surface area is 156 Å². The minimum absolute atomic E-state index is 0.00206. The Morgan fingerprint density at radius 1 is 1.30 bits per heavy atom. The highest BCUT2D eigenvalue weighted by molar-refractivity contribution is 5.71. The summed E-state index contributed by atoms with van der Waals surface area (Å²) in [6, 6.07) is 10.2. The van der Waals surface area contributed by atoms with Crippen molar-refractivity contribution in [1.29, 1.82) is 5.26 Å². The highest BCUT2D eigenvalue weighted by atomic mass is 16.5. The molecule has 1 aliphatic rings. The van der Waals surface area contributed by atoms with Gasteiger partial charge in [-0.15, -0.1) is 0 Å². The van der Waals surface area contributed by atoms with E-state index in [0.29, 0.717) is 35.7 Å². The Balaban J connectivity index is 1.91. The molecule has 1 aliphatic heterocycles. The Morgan fingerprint density at radius 2 is 2.07 bits per heavy atom. The van der Waals surface area contributed by atoms with E-state index in [2.05, 4.69) is 28.2 Å². The molecule has 1 aromatic carbocycles. The number of morpholine rings is 1. The average molecular weight is 363 g/mol. The zero-order valence-electron chi connectivity index (χ0n) is 15.4. The van der Waals surface area contributed by atoms with E-state index >= 15 is 0 Å². The number of nitrogens with one attached hydrogen (secondary N) is 1. The molecule has 0 spiro atoms. The predicted molar refractivity (Wildman–Crippen MR) is 103 cm³/mol. The largest absolute Gasteiger partial charge is 0.378 e. The van der Waals surface area contributed by atoms with Crippen molar-refractivity contribution in [3.8, 4) is 17.3 Å². The number of rotatable bonds is 3. The van der Waals surface area contributed by atoms with Crippen molar-refractivity contribution in [1.82, 2.24) is 14.6 Å². The Morgan fingerprint density at radius 3 is 2.78 bits per heavy atom. The van der Waals surface area contributed by atoms with Crippen molar-refractivity contribution in [2.45, 2.75) is 19.8 Å². The van der Waals surface area contributed by atoms with Crippen LogP contribution in [0.4, 0.5) is 5.69 Å². The van der Waals surface area contributed by atoms with E-state index in [1.165, 1.54) is 10.7 Å². The summed E-state index contributed by atoms with van der Waals surface area (Å²) >= 11 is 0. The fourth-order valence-electron chi connectivity index (χ4n) is 3.52. The fourth-order valence-corrected chi connectivity index (χ4v) is 3.52. The highest BCUT2D eigenvalue weighted by Crippen LogP contribution is 2.29. The molecule has 27 heavy (non-hydrogen) atoms. The van der Waals surface area contributed by atoms with Crippen LogP contribution in [0, 0.1) is 11.3 Å². The molecule has 7 nitrogen and oxygen atoms in total. The van der Waals surface area contributed by atoms with Gasteiger partial charge in [-0.2, -0.15) is 5.26 Å². The summed E-state index contributed by atoms with van der Waals surface area (Å²) in [6.45, 7) is 7.06. The van der Waals surface area contributed by atoms with Crippen LogP contribution < -0.4 is 10.5 Å². The Kier molecular flexibility index (Phi) is 4.42. The van der Waals surface area contributed by atoms with Crippen LogP contribution in [0.25, 0.3) is 16.9 Å². The average Bonchev–Trinajstić information content (AvgIpc) is 3.12. The number of fused-ring (bicyclic) bond motifs is 1. The highest BCUT2D eigenvalue weighted by Gasteiger charge is 2.20. The molecule has 0 bridgehead atoms. The second-order valence-electron chi connectivity index (χ2n) is 6.94. The molecule has 0 aliphatic carbocycles. The molecule has 0 atom stereocenters. The summed E-state index contributed by atoms with van der Waals surface area (Å²) in [4.78, 5) is 20.0. The smallest absolute Gasteiger partial charge is 0.276 e. The van der Waals surface area contributed by atoms with Gasteiger partial charge in [0.15, 0.2) is 5.65 Å². The van der Waals surface area contributed by atoms with Crippen molar-refractivity contribution in [3.63, 3.8) is 0 Å². The van der Waals surface area contributed by atoms with E-state index in [4.69, 9.17) is 9.72 Å². The lowest BCUT2D eigenvalue weighted by molar-refractivity contribution is 0.122. The number of anilines is 1. The van der Waals surface area contributed by atoms with Crippen LogP contribution in [0.1, 0.15) is 30.9 Å². The monoisotopic (exact) mass is 363 g/mol. The van der Waals surface area contributed by atoms with Crippen LogP contribution >= 0.6 is 0 Å². The molecule has 3 aromatic rings. The molecule has 0 unspecified atom stereocenters. The number of aromatic nitrogens is 3. The molecule has 1 N–H and O–H groups in total. The van der Waals surface area contributed by atoms with Gasteiger partial charge in [-0.05, 0) is 18.1 Å². The second kappa shape index (κ2) is 6.89. The molecule has 1 fully saturated rings. The van der Waals surface area contributed by atoms with Crippen molar-refractivity contribution < 1.29 is 4.74 Å². The first-order valence-electron chi connectivity index (χ1n) is 9.07. The predicted octanol–water partition coefficient (Wildman–Crippen LogP) is 2.52. The first-order chi connectivity index (χ1) is 13.1. The summed E-state index contributed by atoms with van der Waals surface area (Å²) in [5, 5.41) is 12.2. The van der Waals surface area contributed by atoms with E-state index in [-0.39, 0.29) is 11.5 Å². The maximum atomic E-state index is 13.0. The van der Waals surface area contributed by atoms with E-state index in [1.807, 2.05) is 26.0 Å². The summed E-state index contributed by atoms with van der Waals surface area (Å²) in [5.74, 6) is -0.00206. The van der Waals surface area contributed by atoms with E-state index in [0.717, 1.165) is 24.3 Å². The maximum Gasteiger partial charge on any atom is 0.276 e. The van der Waals surface area contributed by atoms with Crippen LogP contribution in [-0.4, -0.2) is 40.9 Å². The van der Waals surface area contributed by atoms with Gasteiger partial charge in [0.1, 0.15) is 11.6 Å². The van der Waals surface area contributed by atoms with E-state index in [1.54, 1.807) is 0 Å². The van der Waals surface area contributed by atoms with Gasteiger partial charge in [0.05, 0.1) is 18.9 Å². The van der Waals surface area contributed by atoms with Crippen molar-refractivity contribution in [3.05, 3.63) is 51.9 Å². The van der Waals surface area contributed by atoms with Crippen molar-refractivity contribution in [2.24, 2.45) is 0 Å². The van der Waals surface area contributed by atoms with Gasteiger partial charge in [-0.3, -0.25) is 9.89 Å². The maximum absolute atomic E-state index is 13.0. The van der Waals surface area contributed by atoms with Gasteiger partial charge >= 0.3 is 0 Å². The normalized spacial score (nSPS) is 14.7. The third-order valence-electron chi connectivity index (χ3n) is 4.89. The van der Waals surface area contributed by atoms with Gasteiger partial charge in [0.2, 0.25) is 0 Å². The van der Waals surface area contributed by atoms with Crippen LogP contribution in [-0.2, 0) is 4.74 Å². The van der Waals surface area contributed by atoms with Gasteiger partial charge in [-0.1, -0.05) is 26.0 Å². The van der Waals surface area contributed by atoms with Crippen LogP contribution in [0.5, 0.6) is 0 Å². The summed E-state index contributed by atoms with van der Waals surface area (Å²) < 4.78 is 6.79.